The van der Waals surface area contributed by atoms with Crippen LogP contribution < -0.4 is 0 Å². The first-order valence-electron chi connectivity index (χ1n) is 8.62. The zero-order chi connectivity index (χ0) is 15.8. The summed E-state index contributed by atoms with van der Waals surface area (Å²) in [6, 6.07) is -0.124. The Morgan fingerprint density at radius 1 is 1.35 bits per heavy atom. The number of hydrogen-bond acceptors (Lipinski definition) is 6. The van der Waals surface area contributed by atoms with Gasteiger partial charge in [-0.1, -0.05) is 5.16 Å². The lowest BCUT2D eigenvalue weighted by atomic mass is 10.1. The monoisotopic (exact) mass is 320 g/mol. The van der Waals surface area contributed by atoms with Crippen LogP contribution in [0.3, 0.4) is 0 Å². The number of amides is 1. The SMILES string of the molecule is CO[C@H]1C[C@@H](C(=O)N2CCCC2)N(Cc2noc(C3CC3)n2)C1. The second kappa shape index (κ2) is 6.20. The highest BCUT2D eigenvalue weighted by Gasteiger charge is 2.40. The van der Waals surface area contributed by atoms with Crippen LogP contribution in [0.25, 0.3) is 0 Å². The first-order valence-corrected chi connectivity index (χ1v) is 8.62. The highest BCUT2D eigenvalue weighted by atomic mass is 16.5. The van der Waals surface area contributed by atoms with Gasteiger partial charge < -0.3 is 14.2 Å². The lowest BCUT2D eigenvalue weighted by Crippen LogP contribution is -2.44. The van der Waals surface area contributed by atoms with Crippen LogP contribution in [0.15, 0.2) is 4.52 Å². The number of aromatic nitrogens is 2. The van der Waals surface area contributed by atoms with Gasteiger partial charge in [0.25, 0.3) is 0 Å². The summed E-state index contributed by atoms with van der Waals surface area (Å²) in [4.78, 5) is 21.4. The van der Waals surface area contributed by atoms with E-state index in [4.69, 9.17) is 9.26 Å². The molecule has 0 unspecified atom stereocenters. The third kappa shape index (κ3) is 3.12. The summed E-state index contributed by atoms with van der Waals surface area (Å²) in [6.45, 7) is 3.07. The van der Waals surface area contributed by atoms with E-state index in [0.717, 1.165) is 57.6 Å². The Kier molecular flexibility index (Phi) is 4.07. The largest absolute Gasteiger partial charge is 0.380 e. The van der Waals surface area contributed by atoms with Crippen LogP contribution in [0.2, 0.25) is 0 Å². The summed E-state index contributed by atoms with van der Waals surface area (Å²) in [6.07, 6.45) is 5.37. The summed E-state index contributed by atoms with van der Waals surface area (Å²) in [5.41, 5.74) is 0. The van der Waals surface area contributed by atoms with E-state index in [1.807, 2.05) is 4.90 Å². The maximum atomic E-state index is 12.8. The quantitative estimate of drug-likeness (QED) is 0.811. The van der Waals surface area contributed by atoms with Crippen LogP contribution in [-0.4, -0.2) is 64.7 Å². The van der Waals surface area contributed by atoms with E-state index >= 15 is 0 Å². The number of carbonyl (C=O) groups is 1. The maximum absolute atomic E-state index is 12.8. The Morgan fingerprint density at radius 2 is 2.13 bits per heavy atom. The summed E-state index contributed by atoms with van der Waals surface area (Å²) in [5.74, 6) is 2.13. The fourth-order valence-electron chi connectivity index (χ4n) is 3.62. The summed E-state index contributed by atoms with van der Waals surface area (Å²) >= 11 is 0. The molecule has 7 heteroatoms. The van der Waals surface area contributed by atoms with E-state index in [0.29, 0.717) is 18.3 Å². The van der Waals surface area contributed by atoms with Gasteiger partial charge in [0.05, 0.1) is 18.7 Å². The van der Waals surface area contributed by atoms with E-state index in [2.05, 4.69) is 15.0 Å². The van der Waals surface area contributed by atoms with Crippen molar-refractivity contribution in [3.63, 3.8) is 0 Å². The fraction of sp³-hybridized carbons (Fsp3) is 0.812. The number of carbonyl (C=O) groups excluding carboxylic acids is 1. The van der Waals surface area contributed by atoms with Crippen LogP contribution >= 0.6 is 0 Å². The van der Waals surface area contributed by atoms with E-state index in [1.165, 1.54) is 0 Å². The van der Waals surface area contributed by atoms with Crippen LogP contribution in [0.4, 0.5) is 0 Å². The topological polar surface area (TPSA) is 71.7 Å². The van der Waals surface area contributed by atoms with Crippen molar-refractivity contribution in [2.45, 2.75) is 56.7 Å². The summed E-state index contributed by atoms with van der Waals surface area (Å²) < 4.78 is 10.8. The molecule has 1 aliphatic carbocycles. The van der Waals surface area contributed by atoms with Crippen molar-refractivity contribution in [2.24, 2.45) is 0 Å². The van der Waals surface area contributed by atoms with Gasteiger partial charge in [-0.25, -0.2) is 0 Å². The standard InChI is InChI=1S/C16H24N4O3/c1-22-12-8-13(16(21)19-6-2-3-7-19)20(9-12)10-14-17-15(23-18-14)11-4-5-11/h11-13H,2-10H2,1H3/t12-,13-/m0/s1. The molecule has 2 aliphatic heterocycles. The van der Waals surface area contributed by atoms with Gasteiger partial charge in [0.2, 0.25) is 11.8 Å². The Labute approximate surface area is 136 Å². The zero-order valence-electron chi connectivity index (χ0n) is 13.6. The molecule has 0 bridgehead atoms. The number of likely N-dealkylation sites (tertiary alicyclic amines) is 2. The molecule has 1 aromatic heterocycles. The fourth-order valence-corrected chi connectivity index (χ4v) is 3.62. The molecule has 3 heterocycles. The first kappa shape index (κ1) is 15.1. The van der Waals surface area contributed by atoms with Crippen molar-refractivity contribution >= 4 is 5.91 Å². The van der Waals surface area contributed by atoms with E-state index in [1.54, 1.807) is 7.11 Å². The molecule has 2 saturated heterocycles. The van der Waals surface area contributed by atoms with Gasteiger partial charge in [0.1, 0.15) is 0 Å². The predicted molar refractivity (Wildman–Crippen MR) is 81.7 cm³/mol. The molecular formula is C16H24N4O3. The molecule has 7 nitrogen and oxygen atoms in total. The maximum Gasteiger partial charge on any atom is 0.240 e. The molecule has 0 aromatic carbocycles. The number of ether oxygens (including phenoxy) is 1. The highest BCUT2D eigenvalue weighted by molar-refractivity contribution is 5.82. The molecule has 0 spiro atoms. The van der Waals surface area contributed by atoms with Crippen molar-refractivity contribution in [1.82, 2.24) is 19.9 Å². The van der Waals surface area contributed by atoms with Gasteiger partial charge in [-0.05, 0) is 32.1 Å². The van der Waals surface area contributed by atoms with Crippen molar-refractivity contribution in [3.8, 4) is 0 Å². The minimum Gasteiger partial charge on any atom is -0.380 e. The molecule has 3 fully saturated rings. The van der Waals surface area contributed by atoms with Crippen molar-refractivity contribution in [2.75, 3.05) is 26.7 Å². The lowest BCUT2D eigenvalue weighted by Gasteiger charge is -2.26. The van der Waals surface area contributed by atoms with Crippen LogP contribution in [-0.2, 0) is 16.1 Å². The second-order valence-corrected chi connectivity index (χ2v) is 6.89. The number of nitrogens with zero attached hydrogens (tertiary/aromatic N) is 4. The van der Waals surface area contributed by atoms with Crippen LogP contribution in [0, 0.1) is 0 Å². The molecule has 3 aliphatic rings. The van der Waals surface area contributed by atoms with Gasteiger partial charge in [-0.15, -0.1) is 0 Å². The highest BCUT2D eigenvalue weighted by Crippen LogP contribution is 2.39. The van der Waals surface area contributed by atoms with E-state index in [9.17, 15) is 4.79 Å². The number of methoxy groups -OCH3 is 1. The molecule has 126 valence electrons. The molecule has 0 N–H and O–H groups in total. The Bertz CT molecular complexity index is 565. The molecule has 1 amide bonds. The average Bonchev–Trinajstić information content (AvgIpc) is 2.98. The van der Waals surface area contributed by atoms with E-state index in [-0.39, 0.29) is 18.1 Å². The normalized spacial score (nSPS) is 28.7. The third-order valence-corrected chi connectivity index (χ3v) is 5.16. The minimum absolute atomic E-state index is 0.0985. The molecular weight excluding hydrogens is 296 g/mol. The number of hydrogen-bond donors (Lipinski definition) is 0. The summed E-state index contributed by atoms with van der Waals surface area (Å²) in [5, 5.41) is 4.09. The molecule has 2 atom stereocenters. The van der Waals surface area contributed by atoms with Crippen LogP contribution in [0.5, 0.6) is 0 Å². The third-order valence-electron chi connectivity index (χ3n) is 5.16. The van der Waals surface area contributed by atoms with Crippen LogP contribution in [0.1, 0.15) is 49.7 Å². The molecule has 4 rings (SSSR count). The zero-order valence-corrected chi connectivity index (χ0v) is 13.6. The summed E-state index contributed by atoms with van der Waals surface area (Å²) in [7, 11) is 1.71. The Hall–Kier alpha value is -1.47. The predicted octanol–water partition coefficient (Wildman–Crippen LogP) is 1.16. The van der Waals surface area contributed by atoms with Crippen molar-refractivity contribution in [3.05, 3.63) is 11.7 Å². The smallest absolute Gasteiger partial charge is 0.240 e. The average molecular weight is 320 g/mol. The Balaban J connectivity index is 1.45. The van der Waals surface area contributed by atoms with Gasteiger partial charge in [-0.2, -0.15) is 4.98 Å². The molecule has 23 heavy (non-hydrogen) atoms. The molecule has 1 saturated carbocycles. The minimum atomic E-state index is -0.124. The lowest BCUT2D eigenvalue weighted by molar-refractivity contribution is -0.135. The van der Waals surface area contributed by atoms with E-state index < -0.39 is 0 Å². The van der Waals surface area contributed by atoms with Gasteiger partial charge >= 0.3 is 0 Å². The van der Waals surface area contributed by atoms with Crippen molar-refractivity contribution < 1.29 is 14.1 Å². The molecule has 1 aromatic rings. The second-order valence-electron chi connectivity index (χ2n) is 6.89. The number of rotatable bonds is 5. The van der Waals surface area contributed by atoms with Gasteiger partial charge in [0.15, 0.2) is 5.82 Å². The Morgan fingerprint density at radius 3 is 2.83 bits per heavy atom. The van der Waals surface area contributed by atoms with Gasteiger partial charge in [0, 0.05) is 32.7 Å². The van der Waals surface area contributed by atoms with Crippen molar-refractivity contribution in [1.29, 1.82) is 0 Å². The molecule has 0 radical (unpaired) electrons. The first-order chi connectivity index (χ1) is 11.2. The van der Waals surface area contributed by atoms with Gasteiger partial charge in [-0.3, -0.25) is 9.69 Å².